The first-order valence-electron chi connectivity index (χ1n) is 6.58. The Morgan fingerprint density at radius 1 is 1.32 bits per heavy atom. The standard InChI is InChI=1S/C15H19F3O/c1-10(2)12-8-14(19,9-12)7-11-4-3-5-13(6-11)15(16,17)18/h3-6,10,12,19H,7-9H2,1-2H3. The zero-order valence-electron chi connectivity index (χ0n) is 11.2. The van der Waals surface area contributed by atoms with E-state index in [2.05, 4.69) is 13.8 Å². The van der Waals surface area contributed by atoms with Crippen molar-refractivity contribution in [3.63, 3.8) is 0 Å². The molecule has 0 atom stereocenters. The summed E-state index contributed by atoms with van der Waals surface area (Å²) in [6, 6.07) is 5.25. The average molecular weight is 272 g/mol. The summed E-state index contributed by atoms with van der Waals surface area (Å²) in [7, 11) is 0. The Balaban J connectivity index is 2.05. The Morgan fingerprint density at radius 3 is 2.47 bits per heavy atom. The quantitative estimate of drug-likeness (QED) is 0.880. The van der Waals surface area contributed by atoms with Crippen LogP contribution in [0, 0.1) is 11.8 Å². The molecule has 0 aliphatic heterocycles. The summed E-state index contributed by atoms with van der Waals surface area (Å²) in [4.78, 5) is 0. The van der Waals surface area contributed by atoms with Crippen LogP contribution in [0.4, 0.5) is 13.2 Å². The number of benzene rings is 1. The number of hydrogen-bond acceptors (Lipinski definition) is 1. The lowest BCUT2D eigenvalue weighted by molar-refractivity contribution is -0.137. The van der Waals surface area contributed by atoms with Gasteiger partial charge in [-0.2, -0.15) is 13.2 Å². The molecule has 0 saturated heterocycles. The highest BCUT2D eigenvalue weighted by atomic mass is 19.4. The lowest BCUT2D eigenvalue weighted by Crippen LogP contribution is -2.47. The first-order valence-corrected chi connectivity index (χ1v) is 6.58. The van der Waals surface area contributed by atoms with Crippen molar-refractivity contribution in [2.45, 2.75) is 44.9 Å². The predicted molar refractivity (Wildman–Crippen MR) is 67.7 cm³/mol. The van der Waals surface area contributed by atoms with Crippen molar-refractivity contribution in [2.75, 3.05) is 0 Å². The molecule has 19 heavy (non-hydrogen) atoms. The maximum Gasteiger partial charge on any atom is 0.416 e. The van der Waals surface area contributed by atoms with Crippen LogP contribution in [0.2, 0.25) is 0 Å². The molecule has 0 amide bonds. The predicted octanol–water partition coefficient (Wildman–Crippen LogP) is 4.05. The third kappa shape index (κ3) is 3.30. The zero-order valence-corrected chi connectivity index (χ0v) is 11.2. The number of hydrogen-bond donors (Lipinski definition) is 1. The Labute approximate surface area is 111 Å². The van der Waals surface area contributed by atoms with Crippen molar-refractivity contribution >= 4 is 0 Å². The van der Waals surface area contributed by atoms with E-state index in [1.54, 1.807) is 6.07 Å². The van der Waals surface area contributed by atoms with Gasteiger partial charge in [-0.3, -0.25) is 0 Å². The Kier molecular flexibility index (Phi) is 3.65. The van der Waals surface area contributed by atoms with Gasteiger partial charge in [0.25, 0.3) is 0 Å². The fourth-order valence-corrected chi connectivity index (χ4v) is 2.77. The van der Waals surface area contributed by atoms with Gasteiger partial charge in [-0.05, 0) is 36.3 Å². The van der Waals surface area contributed by atoms with Crippen LogP contribution in [0.3, 0.4) is 0 Å². The van der Waals surface area contributed by atoms with E-state index in [1.165, 1.54) is 6.07 Å². The highest BCUT2D eigenvalue weighted by Gasteiger charge is 2.43. The molecule has 0 heterocycles. The molecule has 1 fully saturated rings. The van der Waals surface area contributed by atoms with E-state index >= 15 is 0 Å². The minimum atomic E-state index is -4.32. The lowest BCUT2D eigenvalue weighted by atomic mass is 9.64. The van der Waals surface area contributed by atoms with Crippen molar-refractivity contribution in [1.29, 1.82) is 0 Å². The molecule has 1 saturated carbocycles. The summed E-state index contributed by atoms with van der Waals surface area (Å²) >= 11 is 0. The molecule has 1 N–H and O–H groups in total. The van der Waals surface area contributed by atoms with Crippen molar-refractivity contribution in [3.05, 3.63) is 35.4 Å². The summed E-state index contributed by atoms with van der Waals surface area (Å²) in [6.45, 7) is 4.21. The molecule has 106 valence electrons. The van der Waals surface area contributed by atoms with Crippen molar-refractivity contribution in [1.82, 2.24) is 0 Å². The van der Waals surface area contributed by atoms with Crippen molar-refractivity contribution in [2.24, 2.45) is 11.8 Å². The van der Waals surface area contributed by atoms with Crippen molar-refractivity contribution < 1.29 is 18.3 Å². The minimum absolute atomic E-state index is 0.306. The Morgan fingerprint density at radius 2 is 1.95 bits per heavy atom. The molecule has 1 aliphatic rings. The molecule has 1 nitrogen and oxygen atoms in total. The maximum absolute atomic E-state index is 12.6. The molecule has 0 radical (unpaired) electrons. The second kappa shape index (κ2) is 4.82. The SMILES string of the molecule is CC(C)C1CC(O)(Cc2cccc(C(F)(F)F)c2)C1. The number of alkyl halides is 3. The molecule has 0 aromatic heterocycles. The summed E-state index contributed by atoms with van der Waals surface area (Å²) in [5, 5.41) is 10.3. The van der Waals surface area contributed by atoms with Gasteiger partial charge in [0, 0.05) is 6.42 Å². The van der Waals surface area contributed by atoms with Crippen LogP contribution < -0.4 is 0 Å². The van der Waals surface area contributed by atoms with Gasteiger partial charge in [0.15, 0.2) is 0 Å². The van der Waals surface area contributed by atoms with E-state index < -0.39 is 17.3 Å². The molecular formula is C15H19F3O. The van der Waals surface area contributed by atoms with E-state index in [-0.39, 0.29) is 0 Å². The van der Waals surface area contributed by atoms with E-state index in [9.17, 15) is 18.3 Å². The van der Waals surface area contributed by atoms with Crippen LogP contribution >= 0.6 is 0 Å². The molecule has 0 bridgehead atoms. The summed E-state index contributed by atoms with van der Waals surface area (Å²) < 4.78 is 37.8. The summed E-state index contributed by atoms with van der Waals surface area (Å²) in [5.41, 5.74) is -0.910. The molecule has 1 aliphatic carbocycles. The zero-order chi connectivity index (χ0) is 14.3. The van der Waals surface area contributed by atoms with Gasteiger partial charge in [0.05, 0.1) is 11.2 Å². The highest BCUT2D eigenvalue weighted by molar-refractivity contribution is 5.27. The number of halogens is 3. The van der Waals surface area contributed by atoms with Gasteiger partial charge in [0.2, 0.25) is 0 Å². The normalized spacial score (nSPS) is 27.4. The van der Waals surface area contributed by atoms with Crippen LogP contribution in [0.1, 0.15) is 37.8 Å². The monoisotopic (exact) mass is 272 g/mol. The molecule has 0 unspecified atom stereocenters. The molecular weight excluding hydrogens is 253 g/mol. The van der Waals surface area contributed by atoms with E-state index in [1.807, 2.05) is 0 Å². The largest absolute Gasteiger partial charge is 0.416 e. The van der Waals surface area contributed by atoms with Gasteiger partial charge in [0.1, 0.15) is 0 Å². The molecule has 4 heteroatoms. The van der Waals surface area contributed by atoms with Crippen LogP contribution in [-0.2, 0) is 12.6 Å². The van der Waals surface area contributed by atoms with Gasteiger partial charge in [-0.15, -0.1) is 0 Å². The second-order valence-corrected chi connectivity index (χ2v) is 6.01. The molecule has 2 rings (SSSR count). The van der Waals surface area contributed by atoms with Crippen LogP contribution in [0.15, 0.2) is 24.3 Å². The maximum atomic E-state index is 12.6. The smallest absolute Gasteiger partial charge is 0.390 e. The number of rotatable bonds is 3. The average Bonchev–Trinajstić information content (AvgIpc) is 2.24. The molecule has 0 spiro atoms. The third-order valence-corrected chi connectivity index (χ3v) is 4.01. The lowest BCUT2D eigenvalue weighted by Gasteiger charge is -2.46. The minimum Gasteiger partial charge on any atom is -0.390 e. The molecule has 1 aromatic rings. The Bertz CT molecular complexity index is 445. The van der Waals surface area contributed by atoms with Crippen LogP contribution in [-0.4, -0.2) is 10.7 Å². The number of aliphatic hydroxyl groups is 1. The second-order valence-electron chi connectivity index (χ2n) is 6.01. The van der Waals surface area contributed by atoms with E-state index in [0.29, 0.717) is 36.7 Å². The third-order valence-electron chi connectivity index (χ3n) is 4.01. The molecule has 1 aromatic carbocycles. The fraction of sp³-hybridized carbons (Fsp3) is 0.600. The van der Waals surface area contributed by atoms with Gasteiger partial charge in [-0.25, -0.2) is 0 Å². The summed E-state index contributed by atoms with van der Waals surface area (Å²) in [5.74, 6) is 0.998. The topological polar surface area (TPSA) is 20.2 Å². The highest BCUT2D eigenvalue weighted by Crippen LogP contribution is 2.44. The summed E-state index contributed by atoms with van der Waals surface area (Å²) in [6.07, 6.45) is -2.65. The van der Waals surface area contributed by atoms with Crippen LogP contribution in [0.25, 0.3) is 0 Å². The Hall–Kier alpha value is -1.03. The van der Waals surface area contributed by atoms with Crippen LogP contribution in [0.5, 0.6) is 0 Å². The van der Waals surface area contributed by atoms with Crippen molar-refractivity contribution in [3.8, 4) is 0 Å². The van der Waals surface area contributed by atoms with E-state index in [4.69, 9.17) is 0 Å². The first kappa shape index (κ1) is 14.4. The van der Waals surface area contributed by atoms with E-state index in [0.717, 1.165) is 12.1 Å². The fourth-order valence-electron chi connectivity index (χ4n) is 2.77. The van der Waals surface area contributed by atoms with Gasteiger partial charge >= 0.3 is 6.18 Å². The van der Waals surface area contributed by atoms with Gasteiger partial charge < -0.3 is 5.11 Å². The van der Waals surface area contributed by atoms with Gasteiger partial charge in [-0.1, -0.05) is 32.0 Å². The first-order chi connectivity index (χ1) is 8.70.